The van der Waals surface area contributed by atoms with Crippen molar-refractivity contribution in [1.29, 1.82) is 0 Å². The number of ether oxygens (including phenoxy) is 2. The average Bonchev–Trinajstić information content (AvgIpc) is 3.30. The van der Waals surface area contributed by atoms with Gasteiger partial charge in [0.2, 0.25) is 0 Å². The van der Waals surface area contributed by atoms with Crippen LogP contribution in [0.25, 0.3) is 11.1 Å². The summed E-state index contributed by atoms with van der Waals surface area (Å²) in [5, 5.41) is 0. The van der Waals surface area contributed by atoms with Gasteiger partial charge in [0.25, 0.3) is 0 Å². The zero-order valence-electron chi connectivity index (χ0n) is 23.5. The fraction of sp³-hybridized carbons (Fsp3) is 0.194. The third kappa shape index (κ3) is 4.60. The Morgan fingerprint density at radius 1 is 0.825 bits per heavy atom. The predicted molar refractivity (Wildman–Crippen MR) is 162 cm³/mol. The molecule has 0 bridgehead atoms. The van der Waals surface area contributed by atoms with E-state index in [1.54, 1.807) is 0 Å². The summed E-state index contributed by atoms with van der Waals surface area (Å²) in [7, 11) is 0. The van der Waals surface area contributed by atoms with Crippen LogP contribution in [0.3, 0.4) is 0 Å². The molecule has 200 valence electrons. The van der Waals surface area contributed by atoms with Gasteiger partial charge in [-0.1, -0.05) is 54.6 Å². The minimum absolute atomic E-state index is 0.0866. The maximum absolute atomic E-state index is 13.4. The van der Waals surface area contributed by atoms with E-state index in [1.165, 1.54) is 0 Å². The minimum Gasteiger partial charge on any atom is -0.461 e. The van der Waals surface area contributed by atoms with Gasteiger partial charge < -0.3 is 14.4 Å². The van der Waals surface area contributed by atoms with Crippen molar-refractivity contribution in [3.05, 3.63) is 142 Å². The second-order valence-electron chi connectivity index (χ2n) is 10.4. The second kappa shape index (κ2) is 10.5. The fourth-order valence-electron chi connectivity index (χ4n) is 5.76. The Labute approximate surface area is 236 Å². The van der Waals surface area contributed by atoms with E-state index in [0.717, 1.165) is 80.6 Å². The Hall–Kier alpha value is -4.57. The molecule has 0 saturated carbocycles. The highest BCUT2D eigenvalue weighted by Gasteiger charge is 2.29. The molecule has 0 fully saturated rings. The lowest BCUT2D eigenvalue weighted by Gasteiger charge is -2.27. The van der Waals surface area contributed by atoms with Crippen molar-refractivity contribution in [3.8, 4) is 5.75 Å². The first kappa shape index (κ1) is 25.7. The van der Waals surface area contributed by atoms with E-state index in [2.05, 4.69) is 62.1 Å². The standard InChI is InChI=1S/C36H33NO3/c1-5-37(6-2)28-16-17-29-23(3)18-33(40-32(29)22-28)35(25-12-8-7-9-13-25)34-21-27(19-24(4)39-34)31-20-26-14-10-11-15-30(26)36(31)38/h7-19,21-22H,5-6,20H2,1-4H3/b31-27+,35-33+. The molecule has 0 amide bonds. The Bertz CT molecular complexity index is 1660. The molecule has 0 radical (unpaired) electrons. The largest absolute Gasteiger partial charge is 0.461 e. The number of fused-ring (bicyclic) bond motifs is 2. The van der Waals surface area contributed by atoms with Gasteiger partial charge in [0, 0.05) is 48.0 Å². The summed E-state index contributed by atoms with van der Waals surface area (Å²) in [5.74, 6) is 3.04. The summed E-state index contributed by atoms with van der Waals surface area (Å²) in [4.78, 5) is 15.7. The van der Waals surface area contributed by atoms with E-state index >= 15 is 0 Å². The zero-order valence-corrected chi connectivity index (χ0v) is 23.5. The Morgan fingerprint density at radius 3 is 2.33 bits per heavy atom. The SMILES string of the molecule is CCN(CC)c1ccc2c(c1)O/C(=C(C1=C/C(=C3\Cc4ccccc4C3=O)C=C(C)O1)\c1ccccc1)C=C2C. The summed E-state index contributed by atoms with van der Waals surface area (Å²) in [6.07, 6.45) is 6.66. The second-order valence-corrected chi connectivity index (χ2v) is 10.4. The summed E-state index contributed by atoms with van der Waals surface area (Å²) in [6, 6.07) is 24.5. The van der Waals surface area contributed by atoms with Crippen LogP contribution in [0, 0.1) is 0 Å². The first-order valence-corrected chi connectivity index (χ1v) is 14.0. The van der Waals surface area contributed by atoms with E-state index in [-0.39, 0.29) is 5.78 Å². The van der Waals surface area contributed by atoms with Crippen molar-refractivity contribution in [2.75, 3.05) is 18.0 Å². The molecule has 0 saturated heterocycles. The van der Waals surface area contributed by atoms with Gasteiger partial charge in [-0.15, -0.1) is 0 Å². The molecule has 0 atom stereocenters. The van der Waals surface area contributed by atoms with Gasteiger partial charge in [-0.05, 0) is 80.3 Å². The lowest BCUT2D eigenvalue weighted by atomic mass is 9.94. The van der Waals surface area contributed by atoms with Crippen molar-refractivity contribution in [2.24, 2.45) is 0 Å². The third-order valence-corrected chi connectivity index (χ3v) is 7.81. The minimum atomic E-state index is 0.0866. The van der Waals surface area contributed by atoms with Crippen LogP contribution >= 0.6 is 0 Å². The van der Waals surface area contributed by atoms with Gasteiger partial charge in [-0.3, -0.25) is 4.79 Å². The van der Waals surface area contributed by atoms with E-state index in [0.29, 0.717) is 12.2 Å². The number of rotatable bonds is 5. The molecule has 3 aliphatic rings. The first-order valence-electron chi connectivity index (χ1n) is 14.0. The molecule has 1 aliphatic carbocycles. The molecular weight excluding hydrogens is 494 g/mol. The number of Topliss-reactive ketones (excluding diaryl/α,β-unsaturated/α-hetero) is 1. The van der Waals surface area contributed by atoms with Gasteiger partial charge in [0.15, 0.2) is 5.78 Å². The molecular formula is C36H33NO3. The number of ketones is 1. The first-order chi connectivity index (χ1) is 19.5. The predicted octanol–water partition coefficient (Wildman–Crippen LogP) is 8.29. The van der Waals surface area contributed by atoms with Crippen LogP contribution in [-0.2, 0) is 11.2 Å². The van der Waals surface area contributed by atoms with Crippen LogP contribution in [0.4, 0.5) is 5.69 Å². The van der Waals surface area contributed by atoms with Crippen LogP contribution in [0.5, 0.6) is 5.75 Å². The van der Waals surface area contributed by atoms with Gasteiger partial charge in [-0.25, -0.2) is 0 Å². The summed E-state index contributed by atoms with van der Waals surface area (Å²) in [5.41, 5.74) is 8.71. The number of anilines is 1. The van der Waals surface area contributed by atoms with Gasteiger partial charge >= 0.3 is 0 Å². The molecule has 0 aromatic heterocycles. The Balaban J connectivity index is 1.50. The summed E-state index contributed by atoms with van der Waals surface area (Å²) >= 11 is 0. The molecule has 0 N–H and O–H groups in total. The molecule has 0 unspecified atom stereocenters. The van der Waals surface area contributed by atoms with Gasteiger partial charge in [0.1, 0.15) is 23.0 Å². The molecule has 3 aromatic rings. The summed E-state index contributed by atoms with van der Waals surface area (Å²) < 4.78 is 13.1. The zero-order chi connectivity index (χ0) is 27.8. The molecule has 0 spiro atoms. The number of hydrogen-bond acceptors (Lipinski definition) is 4. The summed E-state index contributed by atoms with van der Waals surface area (Å²) in [6.45, 7) is 10.2. The molecule has 4 heteroatoms. The van der Waals surface area contributed by atoms with Crippen LogP contribution in [0.1, 0.15) is 54.7 Å². The third-order valence-electron chi connectivity index (χ3n) is 7.81. The van der Waals surface area contributed by atoms with Crippen LogP contribution < -0.4 is 9.64 Å². The van der Waals surface area contributed by atoms with Gasteiger partial charge in [0.05, 0.1) is 5.57 Å². The molecule has 40 heavy (non-hydrogen) atoms. The lowest BCUT2D eigenvalue weighted by Crippen LogP contribution is -2.22. The van der Waals surface area contributed by atoms with E-state index in [4.69, 9.17) is 9.47 Å². The van der Waals surface area contributed by atoms with Crippen LogP contribution in [-0.4, -0.2) is 18.9 Å². The number of carbonyl (C=O) groups is 1. The number of nitrogens with zero attached hydrogens (tertiary/aromatic N) is 1. The van der Waals surface area contributed by atoms with Crippen molar-refractivity contribution in [1.82, 2.24) is 0 Å². The lowest BCUT2D eigenvalue weighted by molar-refractivity contribution is 0.103. The van der Waals surface area contributed by atoms with Gasteiger partial charge in [-0.2, -0.15) is 0 Å². The number of allylic oxidation sites excluding steroid dienone is 8. The maximum Gasteiger partial charge on any atom is 0.190 e. The molecule has 2 heterocycles. The van der Waals surface area contributed by atoms with E-state index in [1.807, 2.05) is 61.5 Å². The highest BCUT2D eigenvalue weighted by Crippen LogP contribution is 2.42. The van der Waals surface area contributed by atoms with Crippen molar-refractivity contribution < 1.29 is 14.3 Å². The highest BCUT2D eigenvalue weighted by atomic mass is 16.5. The topological polar surface area (TPSA) is 38.8 Å². The highest BCUT2D eigenvalue weighted by molar-refractivity contribution is 6.14. The Kier molecular flexibility index (Phi) is 6.77. The van der Waals surface area contributed by atoms with Crippen molar-refractivity contribution in [3.63, 3.8) is 0 Å². The Morgan fingerprint density at radius 2 is 1.57 bits per heavy atom. The van der Waals surface area contributed by atoms with Crippen LogP contribution in [0.15, 0.2) is 119 Å². The van der Waals surface area contributed by atoms with Crippen molar-refractivity contribution >= 4 is 22.6 Å². The molecule has 2 aliphatic heterocycles. The smallest absolute Gasteiger partial charge is 0.190 e. The van der Waals surface area contributed by atoms with Crippen LogP contribution in [0.2, 0.25) is 0 Å². The quantitative estimate of drug-likeness (QED) is 0.313. The molecule has 3 aromatic carbocycles. The van der Waals surface area contributed by atoms with E-state index < -0.39 is 0 Å². The molecule has 6 rings (SSSR count). The monoisotopic (exact) mass is 527 g/mol. The van der Waals surface area contributed by atoms with Crippen molar-refractivity contribution in [2.45, 2.75) is 34.1 Å². The number of benzene rings is 3. The van der Waals surface area contributed by atoms with E-state index in [9.17, 15) is 4.79 Å². The average molecular weight is 528 g/mol. The maximum atomic E-state index is 13.4. The fourth-order valence-corrected chi connectivity index (χ4v) is 5.76. The number of hydrogen-bond donors (Lipinski definition) is 0. The molecule has 4 nitrogen and oxygen atoms in total. The number of carbonyl (C=O) groups excluding carboxylic acids is 1. The normalized spacial score (nSPS) is 19.0.